The van der Waals surface area contributed by atoms with E-state index in [1.807, 2.05) is 39.2 Å². The Bertz CT molecular complexity index is 679. The minimum atomic E-state index is 0.344. The van der Waals surface area contributed by atoms with Crippen LogP contribution in [-0.4, -0.2) is 55.1 Å². The molecule has 1 aromatic heterocycles. The van der Waals surface area contributed by atoms with Crippen LogP contribution >= 0.6 is 0 Å². The molecule has 0 unspecified atom stereocenters. The topological polar surface area (TPSA) is 77.9 Å². The number of nitrogen functional groups attached to an aromatic ring is 1. The number of benzene rings is 1. The van der Waals surface area contributed by atoms with Gasteiger partial charge in [-0.05, 0) is 33.2 Å². The van der Waals surface area contributed by atoms with E-state index in [0.717, 1.165) is 17.8 Å². The van der Waals surface area contributed by atoms with E-state index in [1.165, 1.54) is 4.68 Å². The third-order valence-corrected chi connectivity index (χ3v) is 3.17. The maximum atomic E-state index is 5.88. The summed E-state index contributed by atoms with van der Waals surface area (Å²) in [6, 6.07) is 5.66. The highest BCUT2D eigenvalue weighted by atomic mass is 16.5. The van der Waals surface area contributed by atoms with Crippen molar-refractivity contribution < 1.29 is 9.47 Å². The van der Waals surface area contributed by atoms with Crippen LogP contribution in [0.4, 0.5) is 5.95 Å². The lowest BCUT2D eigenvalue weighted by Crippen LogP contribution is -2.20. The van der Waals surface area contributed by atoms with Gasteiger partial charge in [-0.3, -0.25) is 0 Å². The molecule has 0 saturated heterocycles. The Morgan fingerprint density at radius 1 is 1.39 bits per heavy atom. The van der Waals surface area contributed by atoms with E-state index in [-0.39, 0.29) is 0 Å². The second-order valence-corrected chi connectivity index (χ2v) is 5.36. The molecule has 0 atom stereocenters. The molecular formula is C16H23N5O2. The third-order valence-electron chi connectivity index (χ3n) is 3.17. The fourth-order valence-corrected chi connectivity index (χ4v) is 2.00. The number of anilines is 1. The van der Waals surface area contributed by atoms with E-state index >= 15 is 0 Å². The van der Waals surface area contributed by atoms with Crippen molar-refractivity contribution in [3.8, 4) is 11.5 Å². The van der Waals surface area contributed by atoms with Crippen molar-refractivity contribution >= 4 is 12.2 Å². The zero-order chi connectivity index (χ0) is 16.8. The average Bonchev–Trinajstić information content (AvgIpc) is 2.83. The van der Waals surface area contributed by atoms with Gasteiger partial charge in [0.05, 0.1) is 25.2 Å². The van der Waals surface area contributed by atoms with E-state index in [1.54, 1.807) is 19.5 Å². The molecule has 7 nitrogen and oxygen atoms in total. The quantitative estimate of drug-likeness (QED) is 0.785. The molecule has 0 aliphatic rings. The molecule has 0 amide bonds. The molecular weight excluding hydrogens is 294 g/mol. The molecule has 0 bridgehead atoms. The highest BCUT2D eigenvalue weighted by molar-refractivity contribution is 5.85. The fourth-order valence-electron chi connectivity index (χ4n) is 2.00. The number of hydrogen-bond acceptors (Lipinski definition) is 6. The molecule has 2 N–H and O–H groups in total. The van der Waals surface area contributed by atoms with E-state index in [9.17, 15) is 0 Å². The Morgan fingerprint density at radius 2 is 2.17 bits per heavy atom. The van der Waals surface area contributed by atoms with E-state index in [4.69, 9.17) is 15.2 Å². The largest absolute Gasteiger partial charge is 0.493 e. The van der Waals surface area contributed by atoms with Gasteiger partial charge in [-0.25, -0.2) is 9.66 Å². The van der Waals surface area contributed by atoms with E-state index in [0.29, 0.717) is 24.1 Å². The number of rotatable bonds is 7. The number of imidazole rings is 1. The van der Waals surface area contributed by atoms with Crippen LogP contribution in [0.15, 0.2) is 29.5 Å². The molecule has 2 aromatic rings. The van der Waals surface area contributed by atoms with Gasteiger partial charge in [0.2, 0.25) is 5.95 Å². The molecule has 0 aliphatic carbocycles. The van der Waals surface area contributed by atoms with Crippen LogP contribution in [0.3, 0.4) is 0 Å². The Morgan fingerprint density at radius 3 is 2.78 bits per heavy atom. The van der Waals surface area contributed by atoms with Gasteiger partial charge in [0.15, 0.2) is 11.5 Å². The lowest BCUT2D eigenvalue weighted by Gasteiger charge is -2.15. The van der Waals surface area contributed by atoms with Gasteiger partial charge in [-0.1, -0.05) is 6.07 Å². The minimum absolute atomic E-state index is 0.344. The summed E-state index contributed by atoms with van der Waals surface area (Å²) < 4.78 is 12.8. The zero-order valence-electron chi connectivity index (χ0n) is 14.0. The first kappa shape index (κ1) is 16.8. The lowest BCUT2D eigenvalue weighted by atomic mass is 10.2. The van der Waals surface area contributed by atoms with Gasteiger partial charge >= 0.3 is 0 Å². The number of hydrogen-bond donors (Lipinski definition) is 1. The van der Waals surface area contributed by atoms with Crippen LogP contribution < -0.4 is 15.2 Å². The van der Waals surface area contributed by atoms with Gasteiger partial charge in [0.25, 0.3) is 0 Å². The van der Waals surface area contributed by atoms with E-state index < -0.39 is 0 Å². The first-order chi connectivity index (χ1) is 11.0. The summed E-state index contributed by atoms with van der Waals surface area (Å²) in [6.07, 6.45) is 3.45. The number of methoxy groups -OCH3 is 1. The van der Waals surface area contributed by atoms with Crippen molar-refractivity contribution in [2.75, 3.05) is 40.1 Å². The molecule has 1 aromatic carbocycles. The molecule has 0 radical (unpaired) electrons. The van der Waals surface area contributed by atoms with Crippen LogP contribution in [0.2, 0.25) is 0 Å². The number of aromatic nitrogens is 2. The summed E-state index contributed by atoms with van der Waals surface area (Å²) in [5, 5.41) is 4.33. The first-order valence-corrected chi connectivity index (χ1v) is 7.31. The summed E-state index contributed by atoms with van der Waals surface area (Å²) in [5.41, 5.74) is 7.42. The molecule has 0 aliphatic heterocycles. The molecule has 7 heteroatoms. The van der Waals surface area contributed by atoms with Crippen LogP contribution in [-0.2, 0) is 0 Å². The second kappa shape index (κ2) is 7.64. The Balaban J connectivity index is 2.24. The lowest BCUT2D eigenvalue weighted by molar-refractivity contribution is 0.250. The van der Waals surface area contributed by atoms with Crippen LogP contribution in [0, 0.1) is 6.92 Å². The highest BCUT2D eigenvalue weighted by Gasteiger charge is 2.10. The summed E-state index contributed by atoms with van der Waals surface area (Å²) in [6.45, 7) is 3.23. The zero-order valence-corrected chi connectivity index (χ0v) is 14.0. The fraction of sp³-hybridized carbons (Fsp3) is 0.375. The van der Waals surface area contributed by atoms with Gasteiger partial charge < -0.3 is 20.1 Å². The van der Waals surface area contributed by atoms with Crippen molar-refractivity contribution in [1.29, 1.82) is 0 Å². The van der Waals surface area contributed by atoms with Crippen molar-refractivity contribution in [3.63, 3.8) is 0 Å². The van der Waals surface area contributed by atoms with Crippen molar-refractivity contribution in [2.45, 2.75) is 6.92 Å². The maximum absolute atomic E-state index is 5.88. The van der Waals surface area contributed by atoms with Gasteiger partial charge in [-0.15, -0.1) is 0 Å². The normalized spacial score (nSPS) is 11.3. The third kappa shape index (κ3) is 4.46. The van der Waals surface area contributed by atoms with Gasteiger partial charge in [-0.2, -0.15) is 5.10 Å². The molecule has 0 spiro atoms. The van der Waals surface area contributed by atoms with Crippen LogP contribution in [0.1, 0.15) is 11.3 Å². The first-order valence-electron chi connectivity index (χ1n) is 7.31. The SMILES string of the molecule is COc1cccc(C=Nn2cc(C)nc2N)c1OCCN(C)C. The second-order valence-electron chi connectivity index (χ2n) is 5.36. The molecule has 23 heavy (non-hydrogen) atoms. The number of aryl methyl sites for hydroxylation is 1. The average molecular weight is 317 g/mol. The predicted octanol–water partition coefficient (Wildman–Crippen LogP) is 1.60. The number of ether oxygens (including phenoxy) is 2. The molecule has 1 heterocycles. The summed E-state index contributed by atoms with van der Waals surface area (Å²) in [7, 11) is 5.61. The molecule has 0 fully saturated rings. The summed E-state index contributed by atoms with van der Waals surface area (Å²) in [5.74, 6) is 1.68. The van der Waals surface area contributed by atoms with Crippen molar-refractivity contribution in [1.82, 2.24) is 14.6 Å². The molecule has 0 saturated carbocycles. The van der Waals surface area contributed by atoms with E-state index in [2.05, 4.69) is 15.0 Å². The Labute approximate surface area is 136 Å². The highest BCUT2D eigenvalue weighted by Crippen LogP contribution is 2.30. The summed E-state index contributed by atoms with van der Waals surface area (Å²) >= 11 is 0. The predicted molar refractivity (Wildman–Crippen MR) is 91.4 cm³/mol. The monoisotopic (exact) mass is 317 g/mol. The molecule has 2 rings (SSSR count). The van der Waals surface area contributed by atoms with Gasteiger partial charge in [0.1, 0.15) is 6.61 Å². The standard InChI is InChI=1S/C16H23N5O2/c1-12-11-21(16(17)19-12)18-10-13-6-5-7-14(22-4)15(13)23-9-8-20(2)3/h5-7,10-11H,8-9H2,1-4H3,(H2,17,19). The van der Waals surface area contributed by atoms with Crippen molar-refractivity contribution in [2.24, 2.45) is 5.10 Å². The summed E-state index contributed by atoms with van der Waals surface area (Å²) in [4.78, 5) is 6.17. The smallest absolute Gasteiger partial charge is 0.221 e. The Kier molecular flexibility index (Phi) is 5.59. The van der Waals surface area contributed by atoms with Crippen LogP contribution in [0.5, 0.6) is 11.5 Å². The number of nitrogens with two attached hydrogens (primary N) is 1. The Hall–Kier alpha value is -2.54. The minimum Gasteiger partial charge on any atom is -0.493 e. The number of para-hydroxylation sites is 1. The van der Waals surface area contributed by atoms with Crippen molar-refractivity contribution in [3.05, 3.63) is 35.7 Å². The number of likely N-dealkylation sites (N-methyl/N-ethyl adjacent to an activating group) is 1. The van der Waals surface area contributed by atoms with Crippen LogP contribution in [0.25, 0.3) is 0 Å². The maximum Gasteiger partial charge on any atom is 0.221 e. The van der Waals surface area contributed by atoms with Gasteiger partial charge in [0, 0.05) is 12.1 Å². The molecule has 124 valence electrons. The number of nitrogens with zero attached hydrogens (tertiary/aromatic N) is 4.